The Morgan fingerprint density at radius 1 is 1.47 bits per heavy atom. The van der Waals surface area contributed by atoms with E-state index in [1.54, 1.807) is 13.3 Å². The number of pyridine rings is 1. The Bertz CT molecular complexity index is 556. The molecule has 0 aliphatic rings. The summed E-state index contributed by atoms with van der Waals surface area (Å²) >= 11 is 11.8. The number of fused-ring (bicyclic) bond motifs is 1. The summed E-state index contributed by atoms with van der Waals surface area (Å²) in [5, 5.41) is 0.597. The first kappa shape index (κ1) is 14.6. The Morgan fingerprint density at radius 3 is 2.95 bits per heavy atom. The Morgan fingerprint density at radius 2 is 2.26 bits per heavy atom. The fourth-order valence-electron chi connectivity index (χ4n) is 2.15. The van der Waals surface area contributed by atoms with Crippen LogP contribution in [-0.4, -0.2) is 34.1 Å². The molecule has 2 aromatic heterocycles. The number of rotatable bonds is 6. The van der Waals surface area contributed by atoms with Gasteiger partial charge in [-0.1, -0.05) is 18.5 Å². The molecule has 0 saturated carbocycles. The van der Waals surface area contributed by atoms with Crippen LogP contribution in [0.3, 0.4) is 0 Å². The number of methoxy groups -OCH3 is 1. The molecule has 2 aromatic rings. The summed E-state index contributed by atoms with van der Waals surface area (Å²) in [6, 6.07) is 1.83. The van der Waals surface area contributed by atoms with Gasteiger partial charge in [0.2, 0.25) is 0 Å². The molecule has 19 heavy (non-hydrogen) atoms. The third kappa shape index (κ3) is 3.38. The minimum Gasteiger partial charge on any atom is -0.384 e. The van der Waals surface area contributed by atoms with Crippen LogP contribution >= 0.6 is 23.2 Å². The molecular formula is C13H17Cl2N3O. The summed E-state index contributed by atoms with van der Waals surface area (Å²) in [5.41, 5.74) is 1.67. The van der Waals surface area contributed by atoms with E-state index in [4.69, 9.17) is 27.9 Å². The van der Waals surface area contributed by atoms with E-state index in [1.165, 1.54) is 0 Å². The smallest absolute Gasteiger partial charge is 0.160 e. The van der Waals surface area contributed by atoms with Crippen molar-refractivity contribution in [3.05, 3.63) is 23.1 Å². The van der Waals surface area contributed by atoms with E-state index in [1.807, 2.05) is 6.07 Å². The van der Waals surface area contributed by atoms with Crippen molar-refractivity contribution in [2.75, 3.05) is 19.6 Å². The highest BCUT2D eigenvalue weighted by Crippen LogP contribution is 2.20. The SMILES string of the molecule is COCC(C)Cn1c(CCCl)nc2cc(Cl)cnc21. The van der Waals surface area contributed by atoms with Gasteiger partial charge in [-0.05, 0) is 12.0 Å². The third-order valence-electron chi connectivity index (χ3n) is 2.89. The van der Waals surface area contributed by atoms with Gasteiger partial charge >= 0.3 is 0 Å². The summed E-state index contributed by atoms with van der Waals surface area (Å²) in [7, 11) is 1.71. The topological polar surface area (TPSA) is 39.9 Å². The molecule has 0 aliphatic heterocycles. The van der Waals surface area contributed by atoms with Gasteiger partial charge in [0.05, 0.1) is 11.6 Å². The van der Waals surface area contributed by atoms with Crippen LogP contribution < -0.4 is 0 Å². The number of ether oxygens (including phenoxy) is 1. The van der Waals surface area contributed by atoms with Crippen LogP contribution in [0.2, 0.25) is 5.02 Å². The Labute approximate surface area is 122 Å². The second kappa shape index (κ2) is 6.55. The summed E-state index contributed by atoms with van der Waals surface area (Å²) < 4.78 is 7.29. The Kier molecular flexibility index (Phi) is 5.02. The minimum absolute atomic E-state index is 0.383. The molecule has 0 fully saturated rings. The van der Waals surface area contributed by atoms with E-state index in [9.17, 15) is 0 Å². The molecule has 0 amide bonds. The highest BCUT2D eigenvalue weighted by molar-refractivity contribution is 6.31. The third-order valence-corrected chi connectivity index (χ3v) is 3.29. The molecule has 0 spiro atoms. The predicted molar refractivity (Wildman–Crippen MR) is 78.0 cm³/mol. The van der Waals surface area contributed by atoms with Gasteiger partial charge in [-0.15, -0.1) is 11.6 Å². The number of aromatic nitrogens is 3. The lowest BCUT2D eigenvalue weighted by molar-refractivity contribution is 0.151. The molecule has 1 atom stereocenters. The average Bonchev–Trinajstić information content (AvgIpc) is 2.67. The number of halogens is 2. The summed E-state index contributed by atoms with van der Waals surface area (Å²) in [5.74, 6) is 1.87. The summed E-state index contributed by atoms with van der Waals surface area (Å²) in [6.45, 7) is 3.65. The van der Waals surface area contributed by atoms with Gasteiger partial charge in [-0.25, -0.2) is 9.97 Å². The van der Waals surface area contributed by atoms with Crippen LogP contribution in [0, 0.1) is 5.92 Å². The van der Waals surface area contributed by atoms with Gasteiger partial charge in [0.1, 0.15) is 11.3 Å². The Hall–Kier alpha value is -0.840. The maximum absolute atomic E-state index is 5.95. The highest BCUT2D eigenvalue weighted by atomic mass is 35.5. The largest absolute Gasteiger partial charge is 0.384 e. The zero-order valence-corrected chi connectivity index (χ0v) is 12.6. The second-order valence-corrected chi connectivity index (χ2v) is 5.45. The van der Waals surface area contributed by atoms with Crippen molar-refractivity contribution in [2.24, 2.45) is 5.92 Å². The van der Waals surface area contributed by atoms with Crippen LogP contribution in [0.15, 0.2) is 12.3 Å². The van der Waals surface area contributed by atoms with E-state index in [0.29, 0.717) is 23.4 Å². The zero-order chi connectivity index (χ0) is 13.8. The van der Waals surface area contributed by atoms with Crippen molar-refractivity contribution in [3.63, 3.8) is 0 Å². The van der Waals surface area contributed by atoms with Gasteiger partial charge in [-0.3, -0.25) is 0 Å². The van der Waals surface area contributed by atoms with Crippen molar-refractivity contribution >= 4 is 34.4 Å². The molecule has 0 radical (unpaired) electrons. The maximum Gasteiger partial charge on any atom is 0.160 e. The number of hydrogen-bond donors (Lipinski definition) is 0. The number of aryl methyl sites for hydroxylation is 1. The molecular weight excluding hydrogens is 285 g/mol. The number of alkyl halides is 1. The molecule has 104 valence electrons. The van der Waals surface area contributed by atoms with Gasteiger partial charge < -0.3 is 9.30 Å². The molecule has 0 aromatic carbocycles. The molecule has 0 saturated heterocycles. The first-order chi connectivity index (χ1) is 9.15. The first-order valence-electron chi connectivity index (χ1n) is 6.21. The number of imidazole rings is 1. The van der Waals surface area contributed by atoms with Crippen molar-refractivity contribution in [1.82, 2.24) is 14.5 Å². The molecule has 0 bridgehead atoms. The first-order valence-corrected chi connectivity index (χ1v) is 7.12. The molecule has 2 heterocycles. The van der Waals surface area contributed by atoms with Gasteiger partial charge in [-0.2, -0.15) is 0 Å². The fourth-order valence-corrected chi connectivity index (χ4v) is 2.47. The monoisotopic (exact) mass is 301 g/mol. The van der Waals surface area contributed by atoms with E-state index in [2.05, 4.69) is 21.5 Å². The molecule has 0 N–H and O–H groups in total. The number of hydrogen-bond acceptors (Lipinski definition) is 3. The van der Waals surface area contributed by atoms with Gasteiger partial charge in [0.15, 0.2) is 5.65 Å². The highest BCUT2D eigenvalue weighted by Gasteiger charge is 2.14. The van der Waals surface area contributed by atoms with Crippen molar-refractivity contribution in [3.8, 4) is 0 Å². The quantitative estimate of drug-likeness (QED) is 0.770. The maximum atomic E-state index is 5.95. The van der Waals surface area contributed by atoms with Crippen LogP contribution in [0.5, 0.6) is 0 Å². The predicted octanol–water partition coefficient (Wildman–Crippen LogP) is 3.15. The normalized spacial score (nSPS) is 13.1. The van der Waals surface area contributed by atoms with Crippen LogP contribution in [0.25, 0.3) is 11.2 Å². The summed E-state index contributed by atoms with van der Waals surface area (Å²) in [6.07, 6.45) is 2.36. The molecule has 2 rings (SSSR count). The van der Waals surface area contributed by atoms with Gasteiger partial charge in [0, 0.05) is 32.2 Å². The van der Waals surface area contributed by atoms with E-state index in [0.717, 1.165) is 30.0 Å². The molecule has 4 nitrogen and oxygen atoms in total. The lowest BCUT2D eigenvalue weighted by atomic mass is 10.2. The molecule has 0 aliphatic carbocycles. The molecule has 6 heteroatoms. The van der Waals surface area contributed by atoms with Crippen LogP contribution in [-0.2, 0) is 17.7 Å². The van der Waals surface area contributed by atoms with Crippen LogP contribution in [0.1, 0.15) is 12.7 Å². The standard InChI is InChI=1S/C13H17Cl2N3O/c1-9(8-19-2)7-18-12(3-4-14)17-11-5-10(15)6-16-13(11)18/h5-6,9H,3-4,7-8H2,1-2H3. The zero-order valence-electron chi connectivity index (χ0n) is 11.1. The Balaban J connectivity index is 2.39. The lowest BCUT2D eigenvalue weighted by Gasteiger charge is -2.13. The van der Waals surface area contributed by atoms with Crippen molar-refractivity contribution in [1.29, 1.82) is 0 Å². The summed E-state index contributed by atoms with van der Waals surface area (Å²) in [4.78, 5) is 8.95. The second-order valence-electron chi connectivity index (χ2n) is 4.63. The average molecular weight is 302 g/mol. The number of nitrogens with zero attached hydrogens (tertiary/aromatic N) is 3. The lowest BCUT2D eigenvalue weighted by Crippen LogP contribution is -2.15. The van der Waals surface area contributed by atoms with E-state index in [-0.39, 0.29) is 0 Å². The van der Waals surface area contributed by atoms with Crippen LogP contribution in [0.4, 0.5) is 0 Å². The van der Waals surface area contributed by atoms with Crippen molar-refractivity contribution in [2.45, 2.75) is 19.9 Å². The van der Waals surface area contributed by atoms with E-state index < -0.39 is 0 Å². The molecule has 1 unspecified atom stereocenters. The fraction of sp³-hybridized carbons (Fsp3) is 0.538. The van der Waals surface area contributed by atoms with Crippen molar-refractivity contribution < 1.29 is 4.74 Å². The van der Waals surface area contributed by atoms with E-state index >= 15 is 0 Å². The van der Waals surface area contributed by atoms with Gasteiger partial charge in [0.25, 0.3) is 0 Å². The minimum atomic E-state index is 0.383.